The zero-order chi connectivity index (χ0) is 16.1. The summed E-state index contributed by atoms with van der Waals surface area (Å²) in [6, 6.07) is 17.8. The fourth-order valence-electron chi connectivity index (χ4n) is 3.12. The number of hydrazone groups is 1. The predicted molar refractivity (Wildman–Crippen MR) is 94.4 cm³/mol. The minimum absolute atomic E-state index is 0.140. The molecule has 3 rings (SSSR count). The highest BCUT2D eigenvalue weighted by Crippen LogP contribution is 2.25. The average molecular weight is 306 g/mol. The van der Waals surface area contributed by atoms with Crippen LogP contribution < -0.4 is 5.43 Å². The number of carbonyl (C=O) groups excluding carboxylic acids is 1. The molecule has 1 unspecified atom stereocenters. The third-order valence-electron chi connectivity index (χ3n) is 4.50. The molecule has 0 aliphatic heterocycles. The van der Waals surface area contributed by atoms with Gasteiger partial charge in [-0.15, -0.1) is 0 Å². The Morgan fingerprint density at radius 3 is 2.48 bits per heavy atom. The Kier molecular flexibility index (Phi) is 4.86. The predicted octanol–water partition coefficient (Wildman–Crippen LogP) is 4.65. The van der Waals surface area contributed by atoms with E-state index in [1.165, 1.54) is 12.8 Å². The quantitative estimate of drug-likeness (QED) is 0.821. The van der Waals surface area contributed by atoms with Gasteiger partial charge < -0.3 is 0 Å². The van der Waals surface area contributed by atoms with Gasteiger partial charge in [-0.1, -0.05) is 49.4 Å². The summed E-state index contributed by atoms with van der Waals surface area (Å²) in [5, 5.41) is 4.35. The summed E-state index contributed by atoms with van der Waals surface area (Å²) in [4.78, 5) is 12.2. The van der Waals surface area contributed by atoms with Crippen LogP contribution in [0.1, 0.15) is 43.0 Å². The molecular formula is C20H22N2O. The summed E-state index contributed by atoms with van der Waals surface area (Å²) in [7, 11) is 0. The van der Waals surface area contributed by atoms with Gasteiger partial charge in [-0.2, -0.15) is 5.10 Å². The first kappa shape index (κ1) is 15.5. The second-order valence-electron chi connectivity index (χ2n) is 5.98. The van der Waals surface area contributed by atoms with Crippen LogP contribution in [-0.2, 0) is 0 Å². The number of nitrogens with one attached hydrogen (secondary N) is 1. The molecule has 0 radical (unpaired) electrons. The second-order valence-corrected chi connectivity index (χ2v) is 5.98. The lowest BCUT2D eigenvalue weighted by atomic mass is 10.0. The number of rotatable bonds is 4. The van der Waals surface area contributed by atoms with E-state index < -0.39 is 0 Å². The van der Waals surface area contributed by atoms with Crippen LogP contribution in [0.2, 0.25) is 0 Å². The summed E-state index contributed by atoms with van der Waals surface area (Å²) in [6.45, 7) is 2.18. The molecule has 0 heterocycles. The summed E-state index contributed by atoms with van der Waals surface area (Å²) in [5.41, 5.74) is 6.75. The van der Waals surface area contributed by atoms with Crippen LogP contribution in [0.25, 0.3) is 11.1 Å². The van der Waals surface area contributed by atoms with E-state index in [9.17, 15) is 4.79 Å². The van der Waals surface area contributed by atoms with Crippen molar-refractivity contribution in [1.29, 1.82) is 0 Å². The van der Waals surface area contributed by atoms with Crippen LogP contribution >= 0.6 is 0 Å². The Balaban J connectivity index is 1.67. The zero-order valence-electron chi connectivity index (χ0n) is 13.5. The van der Waals surface area contributed by atoms with Crippen LogP contribution in [-0.4, -0.2) is 11.6 Å². The van der Waals surface area contributed by atoms with Gasteiger partial charge in [0.15, 0.2) is 0 Å². The molecule has 23 heavy (non-hydrogen) atoms. The summed E-state index contributed by atoms with van der Waals surface area (Å²) < 4.78 is 0. The highest BCUT2D eigenvalue weighted by molar-refractivity contribution is 5.96. The van der Waals surface area contributed by atoms with Crippen LogP contribution in [0.3, 0.4) is 0 Å². The van der Waals surface area contributed by atoms with E-state index in [0.717, 1.165) is 29.7 Å². The molecule has 1 fully saturated rings. The minimum atomic E-state index is -0.140. The molecule has 0 aromatic heterocycles. The van der Waals surface area contributed by atoms with Crippen molar-refractivity contribution in [1.82, 2.24) is 5.43 Å². The van der Waals surface area contributed by atoms with E-state index in [0.29, 0.717) is 11.5 Å². The van der Waals surface area contributed by atoms with E-state index in [2.05, 4.69) is 29.6 Å². The third-order valence-corrected chi connectivity index (χ3v) is 4.50. The molecule has 1 aliphatic rings. The molecule has 1 N–H and O–H groups in total. The Labute approximate surface area is 137 Å². The van der Waals surface area contributed by atoms with Crippen molar-refractivity contribution in [3.63, 3.8) is 0 Å². The van der Waals surface area contributed by atoms with Gasteiger partial charge in [-0.3, -0.25) is 4.79 Å². The van der Waals surface area contributed by atoms with Gasteiger partial charge in [-0.05, 0) is 54.9 Å². The van der Waals surface area contributed by atoms with E-state index in [-0.39, 0.29) is 5.91 Å². The normalized spacial score (nSPS) is 19.0. The average Bonchev–Trinajstić information content (AvgIpc) is 3.08. The molecule has 3 heteroatoms. The first-order valence-corrected chi connectivity index (χ1v) is 8.30. The van der Waals surface area contributed by atoms with Crippen molar-refractivity contribution < 1.29 is 4.79 Å². The van der Waals surface area contributed by atoms with Crippen molar-refractivity contribution in [3.05, 3.63) is 60.2 Å². The molecule has 1 amide bonds. The SMILES string of the molecule is CCC1CCCC1=NNC(=O)c1ccc(-c2ccccc2)cc1. The Hall–Kier alpha value is -2.42. The van der Waals surface area contributed by atoms with Crippen molar-refractivity contribution in [3.8, 4) is 11.1 Å². The molecule has 2 aromatic carbocycles. The van der Waals surface area contributed by atoms with Crippen molar-refractivity contribution >= 4 is 11.6 Å². The van der Waals surface area contributed by atoms with Crippen molar-refractivity contribution in [2.75, 3.05) is 0 Å². The highest BCUT2D eigenvalue weighted by atomic mass is 16.2. The van der Waals surface area contributed by atoms with Crippen molar-refractivity contribution in [2.24, 2.45) is 11.0 Å². The van der Waals surface area contributed by atoms with Gasteiger partial charge >= 0.3 is 0 Å². The molecule has 3 nitrogen and oxygen atoms in total. The van der Waals surface area contributed by atoms with Crippen molar-refractivity contribution in [2.45, 2.75) is 32.6 Å². The first-order valence-electron chi connectivity index (χ1n) is 8.30. The lowest BCUT2D eigenvalue weighted by molar-refractivity contribution is 0.0954. The lowest BCUT2D eigenvalue weighted by Crippen LogP contribution is -2.20. The molecule has 2 aromatic rings. The number of nitrogens with zero attached hydrogens (tertiary/aromatic N) is 1. The molecular weight excluding hydrogens is 284 g/mol. The van der Waals surface area contributed by atoms with Crippen LogP contribution in [0.15, 0.2) is 59.7 Å². The van der Waals surface area contributed by atoms with Crippen LogP contribution in [0.4, 0.5) is 0 Å². The summed E-state index contributed by atoms with van der Waals surface area (Å²) in [6.07, 6.45) is 4.47. The van der Waals surface area contributed by atoms with Gasteiger partial charge in [0.1, 0.15) is 0 Å². The smallest absolute Gasteiger partial charge is 0.267 e. The Morgan fingerprint density at radius 2 is 1.78 bits per heavy atom. The number of carbonyl (C=O) groups is 1. The maximum atomic E-state index is 12.2. The molecule has 0 spiro atoms. The monoisotopic (exact) mass is 306 g/mol. The van der Waals surface area contributed by atoms with Gasteiger partial charge in [-0.25, -0.2) is 5.43 Å². The van der Waals surface area contributed by atoms with Crippen LogP contribution in [0.5, 0.6) is 0 Å². The molecule has 1 aliphatic carbocycles. The van der Waals surface area contributed by atoms with E-state index >= 15 is 0 Å². The topological polar surface area (TPSA) is 41.5 Å². The van der Waals surface area contributed by atoms with E-state index in [1.807, 2.05) is 42.5 Å². The molecule has 1 saturated carbocycles. The molecule has 0 saturated heterocycles. The van der Waals surface area contributed by atoms with E-state index in [1.54, 1.807) is 0 Å². The van der Waals surface area contributed by atoms with Gasteiger partial charge in [0, 0.05) is 11.3 Å². The Morgan fingerprint density at radius 1 is 1.09 bits per heavy atom. The number of hydrogen-bond donors (Lipinski definition) is 1. The molecule has 1 atom stereocenters. The fourth-order valence-corrected chi connectivity index (χ4v) is 3.12. The minimum Gasteiger partial charge on any atom is -0.267 e. The lowest BCUT2D eigenvalue weighted by Gasteiger charge is -2.08. The van der Waals surface area contributed by atoms with E-state index in [4.69, 9.17) is 0 Å². The summed E-state index contributed by atoms with van der Waals surface area (Å²) >= 11 is 0. The maximum absolute atomic E-state index is 12.2. The number of amides is 1. The van der Waals surface area contributed by atoms with Gasteiger partial charge in [0.2, 0.25) is 0 Å². The molecule has 0 bridgehead atoms. The van der Waals surface area contributed by atoms with Gasteiger partial charge in [0.25, 0.3) is 5.91 Å². The first-order chi connectivity index (χ1) is 11.3. The largest absolute Gasteiger partial charge is 0.271 e. The third kappa shape index (κ3) is 3.67. The maximum Gasteiger partial charge on any atom is 0.271 e. The zero-order valence-corrected chi connectivity index (χ0v) is 13.5. The second kappa shape index (κ2) is 7.23. The van der Waals surface area contributed by atoms with Gasteiger partial charge in [0.05, 0.1) is 0 Å². The highest BCUT2D eigenvalue weighted by Gasteiger charge is 2.21. The summed E-state index contributed by atoms with van der Waals surface area (Å²) in [5.74, 6) is 0.398. The van der Waals surface area contributed by atoms with Crippen LogP contribution in [0, 0.1) is 5.92 Å². The fraction of sp³-hybridized carbons (Fsp3) is 0.300. The molecule has 118 valence electrons. The number of hydrogen-bond acceptors (Lipinski definition) is 2. The number of benzene rings is 2. The standard InChI is InChI=1S/C20H22N2O/c1-2-15-9-6-10-19(15)21-22-20(23)18-13-11-17(12-14-18)16-7-4-3-5-8-16/h3-5,7-8,11-15H,2,6,9-10H2,1H3,(H,22,23). The Bertz CT molecular complexity index is 689.